The van der Waals surface area contributed by atoms with Crippen LogP contribution >= 0.6 is 11.6 Å². The highest BCUT2D eigenvalue weighted by atomic mass is 35.5. The zero-order valence-electron chi connectivity index (χ0n) is 20.0. The van der Waals surface area contributed by atoms with E-state index in [2.05, 4.69) is 0 Å². The summed E-state index contributed by atoms with van der Waals surface area (Å²) >= 11 is 5.99. The summed E-state index contributed by atoms with van der Waals surface area (Å²) in [4.78, 5) is 29.7. The Balaban J connectivity index is 2.10. The van der Waals surface area contributed by atoms with E-state index in [4.69, 9.17) is 21.1 Å². The fourth-order valence-corrected chi connectivity index (χ4v) is 4.09. The van der Waals surface area contributed by atoms with Gasteiger partial charge in [0.1, 0.15) is 5.76 Å². The first kappa shape index (κ1) is 25.6. The van der Waals surface area contributed by atoms with Gasteiger partial charge in [-0.15, -0.1) is 0 Å². The molecule has 1 heterocycles. The van der Waals surface area contributed by atoms with Gasteiger partial charge in [0.15, 0.2) is 11.5 Å². The molecule has 0 radical (unpaired) electrons. The Morgan fingerprint density at radius 2 is 1.82 bits per heavy atom. The summed E-state index contributed by atoms with van der Waals surface area (Å²) in [6.07, 6.45) is 1.52. The lowest BCUT2D eigenvalue weighted by Gasteiger charge is -2.26. The molecule has 1 aliphatic rings. The van der Waals surface area contributed by atoms with Crippen molar-refractivity contribution in [2.75, 3.05) is 40.9 Å². The van der Waals surface area contributed by atoms with Gasteiger partial charge in [-0.2, -0.15) is 0 Å². The number of ketones is 1. The summed E-state index contributed by atoms with van der Waals surface area (Å²) < 4.78 is 11.3. The van der Waals surface area contributed by atoms with Gasteiger partial charge in [-0.25, -0.2) is 0 Å². The Hall–Kier alpha value is -3.03. The predicted octanol–water partition coefficient (Wildman–Crippen LogP) is 4.51. The Morgan fingerprint density at radius 1 is 1.12 bits per heavy atom. The molecule has 0 aliphatic carbocycles. The van der Waals surface area contributed by atoms with Crippen molar-refractivity contribution >= 4 is 29.1 Å². The van der Waals surface area contributed by atoms with E-state index >= 15 is 0 Å². The molecule has 34 heavy (non-hydrogen) atoms. The summed E-state index contributed by atoms with van der Waals surface area (Å²) in [5.41, 5.74) is 1.11. The number of aliphatic hydroxyl groups is 1. The zero-order chi connectivity index (χ0) is 24.8. The van der Waals surface area contributed by atoms with Crippen molar-refractivity contribution in [3.8, 4) is 11.5 Å². The maximum Gasteiger partial charge on any atom is 0.295 e. The fraction of sp³-hybridized carbons (Fsp3) is 0.385. The van der Waals surface area contributed by atoms with E-state index in [0.29, 0.717) is 47.2 Å². The Kier molecular flexibility index (Phi) is 8.58. The highest BCUT2D eigenvalue weighted by Crippen LogP contribution is 2.42. The van der Waals surface area contributed by atoms with Crippen LogP contribution in [0.3, 0.4) is 0 Å². The van der Waals surface area contributed by atoms with Crippen LogP contribution < -0.4 is 9.47 Å². The van der Waals surface area contributed by atoms with Gasteiger partial charge < -0.3 is 24.4 Å². The van der Waals surface area contributed by atoms with E-state index in [1.165, 1.54) is 4.90 Å². The van der Waals surface area contributed by atoms with Crippen LogP contribution in [0.1, 0.15) is 36.9 Å². The topological polar surface area (TPSA) is 79.3 Å². The van der Waals surface area contributed by atoms with E-state index < -0.39 is 17.7 Å². The predicted molar refractivity (Wildman–Crippen MR) is 132 cm³/mol. The molecule has 0 unspecified atom stereocenters. The molecular formula is C26H31ClN2O5. The number of nitrogens with zero attached hydrogens (tertiary/aromatic N) is 2. The van der Waals surface area contributed by atoms with Gasteiger partial charge in [-0.1, -0.05) is 24.6 Å². The number of hydrogen-bond acceptors (Lipinski definition) is 6. The molecule has 0 spiro atoms. The Morgan fingerprint density at radius 3 is 2.44 bits per heavy atom. The third kappa shape index (κ3) is 5.54. The second kappa shape index (κ2) is 11.4. The number of benzene rings is 2. The number of ether oxygens (including phenoxy) is 2. The maximum atomic E-state index is 13.1. The minimum Gasteiger partial charge on any atom is -0.507 e. The molecule has 8 heteroatoms. The highest BCUT2D eigenvalue weighted by molar-refractivity contribution is 6.46. The number of hydrogen-bond donors (Lipinski definition) is 1. The van der Waals surface area contributed by atoms with Gasteiger partial charge in [0.05, 0.1) is 25.3 Å². The smallest absolute Gasteiger partial charge is 0.295 e. The van der Waals surface area contributed by atoms with E-state index in [1.807, 2.05) is 25.9 Å². The molecule has 1 atom stereocenters. The van der Waals surface area contributed by atoms with Crippen LogP contribution in [0.15, 0.2) is 48.0 Å². The number of Topliss-reactive ketones (excluding diaryl/α,β-unsaturated/α-hetero) is 1. The van der Waals surface area contributed by atoms with Gasteiger partial charge in [0.25, 0.3) is 11.7 Å². The minimum absolute atomic E-state index is 0.0430. The minimum atomic E-state index is -0.757. The number of carbonyl (C=O) groups is 2. The molecule has 182 valence electrons. The first-order valence-corrected chi connectivity index (χ1v) is 11.7. The summed E-state index contributed by atoms with van der Waals surface area (Å²) in [5, 5.41) is 11.6. The van der Waals surface area contributed by atoms with Gasteiger partial charge in [-0.05, 0) is 75.4 Å². The lowest BCUT2D eigenvalue weighted by molar-refractivity contribution is -0.139. The van der Waals surface area contributed by atoms with Crippen LogP contribution in [-0.4, -0.2) is 67.5 Å². The largest absolute Gasteiger partial charge is 0.507 e. The van der Waals surface area contributed by atoms with Gasteiger partial charge >= 0.3 is 0 Å². The van der Waals surface area contributed by atoms with Crippen molar-refractivity contribution in [2.45, 2.75) is 25.8 Å². The van der Waals surface area contributed by atoms with Crippen molar-refractivity contribution in [3.63, 3.8) is 0 Å². The van der Waals surface area contributed by atoms with E-state index in [0.717, 1.165) is 13.0 Å². The van der Waals surface area contributed by atoms with E-state index in [-0.39, 0.29) is 11.3 Å². The summed E-state index contributed by atoms with van der Waals surface area (Å²) in [5.74, 6) is -0.510. The lowest BCUT2D eigenvalue weighted by atomic mass is 9.95. The Bertz CT molecular complexity index is 1070. The SMILES string of the molecule is CCCOc1ccc([C@@H]2C(=C(O)c3ccc(Cl)cc3)C(=O)C(=O)N2CCCN(C)C)cc1OC. The molecule has 7 nitrogen and oxygen atoms in total. The van der Waals surface area contributed by atoms with Crippen LogP contribution in [0.2, 0.25) is 5.02 Å². The summed E-state index contributed by atoms with van der Waals surface area (Å²) in [6.45, 7) is 3.66. The molecule has 2 aromatic carbocycles. The van der Waals surface area contributed by atoms with Crippen LogP contribution in [0.4, 0.5) is 0 Å². The number of likely N-dealkylation sites (tertiary alicyclic amines) is 1. The first-order chi connectivity index (χ1) is 16.3. The average Bonchev–Trinajstić information content (AvgIpc) is 3.07. The summed E-state index contributed by atoms with van der Waals surface area (Å²) in [6, 6.07) is 11.1. The number of aliphatic hydroxyl groups excluding tert-OH is 1. The van der Waals surface area contributed by atoms with Gasteiger partial charge in [-0.3, -0.25) is 9.59 Å². The zero-order valence-corrected chi connectivity index (χ0v) is 20.8. The van der Waals surface area contributed by atoms with Crippen molar-refractivity contribution in [3.05, 3.63) is 64.2 Å². The number of methoxy groups -OCH3 is 1. The Labute approximate surface area is 205 Å². The highest BCUT2D eigenvalue weighted by Gasteiger charge is 2.46. The second-order valence-corrected chi connectivity index (χ2v) is 8.85. The molecule has 2 aromatic rings. The number of amides is 1. The normalized spacial score (nSPS) is 17.5. The summed E-state index contributed by atoms with van der Waals surface area (Å²) in [7, 11) is 5.44. The molecule has 1 amide bonds. The monoisotopic (exact) mass is 486 g/mol. The van der Waals surface area contributed by atoms with Gasteiger partial charge in [0.2, 0.25) is 0 Å². The molecule has 3 rings (SSSR count). The number of rotatable bonds is 10. The standard InChI is InChI=1S/C26H31ClN2O5/c1-5-15-34-20-12-9-18(16-21(20)33-4)23-22(24(30)17-7-10-19(27)11-8-17)25(31)26(32)29(23)14-6-13-28(2)3/h7-12,16,23,30H,5-6,13-15H2,1-4H3/t23-/m1/s1. The molecule has 1 aliphatic heterocycles. The molecule has 1 saturated heterocycles. The van der Waals surface area contributed by atoms with Crippen molar-refractivity contribution in [1.29, 1.82) is 0 Å². The molecule has 0 aromatic heterocycles. The van der Waals surface area contributed by atoms with Crippen LogP contribution in [-0.2, 0) is 9.59 Å². The van der Waals surface area contributed by atoms with Crippen LogP contribution in [0, 0.1) is 0 Å². The van der Waals surface area contributed by atoms with Crippen molar-refractivity contribution < 1.29 is 24.2 Å². The first-order valence-electron chi connectivity index (χ1n) is 11.3. The van der Waals surface area contributed by atoms with Crippen LogP contribution in [0.25, 0.3) is 5.76 Å². The van der Waals surface area contributed by atoms with Crippen molar-refractivity contribution in [2.24, 2.45) is 0 Å². The number of carbonyl (C=O) groups excluding carboxylic acids is 2. The quantitative estimate of drug-likeness (QED) is 0.302. The maximum absolute atomic E-state index is 13.1. The molecule has 1 N–H and O–H groups in total. The molecule has 0 saturated carbocycles. The molecule has 1 fully saturated rings. The molecule has 0 bridgehead atoms. The lowest BCUT2D eigenvalue weighted by Crippen LogP contribution is -2.32. The number of halogens is 1. The van der Waals surface area contributed by atoms with Crippen LogP contribution in [0.5, 0.6) is 11.5 Å². The van der Waals surface area contributed by atoms with Gasteiger partial charge in [0, 0.05) is 17.1 Å². The third-order valence-corrected chi connectivity index (χ3v) is 5.88. The molecular weight excluding hydrogens is 456 g/mol. The third-order valence-electron chi connectivity index (χ3n) is 5.63. The van der Waals surface area contributed by atoms with E-state index in [9.17, 15) is 14.7 Å². The van der Waals surface area contributed by atoms with E-state index in [1.54, 1.807) is 49.6 Å². The average molecular weight is 487 g/mol. The second-order valence-electron chi connectivity index (χ2n) is 8.41. The van der Waals surface area contributed by atoms with Crippen molar-refractivity contribution in [1.82, 2.24) is 9.80 Å². The fourth-order valence-electron chi connectivity index (χ4n) is 3.96.